The summed E-state index contributed by atoms with van der Waals surface area (Å²) in [5, 5.41) is 4.66. The van der Waals surface area contributed by atoms with Crippen LogP contribution in [0.25, 0.3) is 0 Å². The van der Waals surface area contributed by atoms with Crippen LogP contribution in [0.15, 0.2) is 12.4 Å². The van der Waals surface area contributed by atoms with E-state index in [9.17, 15) is 0 Å². The molecule has 0 aliphatic rings. The Hall–Kier alpha value is -0.133. The number of hydrogen-bond acceptors (Lipinski definition) is 3. The first-order valence-electron chi connectivity index (χ1n) is 8.56. The SMILES string of the molecule is CC[Si](CC)(CC)OC(CNCC(C)C)c1c(Cl)cncc1Cl. The molecule has 3 nitrogen and oxygen atoms in total. The molecule has 0 spiro atoms. The first-order chi connectivity index (χ1) is 10.9. The lowest BCUT2D eigenvalue weighted by molar-refractivity contribution is 0.185. The Bertz CT molecular complexity index is 453. The minimum atomic E-state index is -1.76. The van der Waals surface area contributed by atoms with Gasteiger partial charge in [0.15, 0.2) is 8.32 Å². The molecule has 0 saturated heterocycles. The number of halogens is 2. The van der Waals surface area contributed by atoms with Crippen molar-refractivity contribution in [3.05, 3.63) is 28.0 Å². The molecule has 0 bridgehead atoms. The maximum atomic E-state index is 6.69. The zero-order valence-electron chi connectivity index (χ0n) is 15.0. The maximum Gasteiger partial charge on any atom is 0.192 e. The number of pyridine rings is 1. The summed E-state index contributed by atoms with van der Waals surface area (Å²) in [7, 11) is -1.76. The van der Waals surface area contributed by atoms with Crippen LogP contribution in [0, 0.1) is 5.92 Å². The fourth-order valence-electron chi connectivity index (χ4n) is 2.74. The van der Waals surface area contributed by atoms with Crippen molar-refractivity contribution >= 4 is 31.5 Å². The number of aromatic nitrogens is 1. The number of rotatable bonds is 10. The summed E-state index contributed by atoms with van der Waals surface area (Å²) in [6.45, 7) is 12.7. The lowest BCUT2D eigenvalue weighted by Crippen LogP contribution is -2.40. The van der Waals surface area contributed by atoms with E-state index in [2.05, 4.69) is 44.9 Å². The van der Waals surface area contributed by atoms with Gasteiger partial charge in [-0.25, -0.2) is 0 Å². The molecular weight excluding hydrogens is 347 g/mol. The summed E-state index contributed by atoms with van der Waals surface area (Å²) >= 11 is 12.8. The van der Waals surface area contributed by atoms with Crippen LogP contribution in [0.5, 0.6) is 0 Å². The van der Waals surface area contributed by atoms with Crippen molar-refractivity contribution in [2.24, 2.45) is 5.92 Å². The maximum absolute atomic E-state index is 6.69. The van der Waals surface area contributed by atoms with E-state index in [1.807, 2.05) is 0 Å². The molecule has 23 heavy (non-hydrogen) atoms. The number of nitrogens with one attached hydrogen (secondary N) is 1. The van der Waals surface area contributed by atoms with Gasteiger partial charge in [-0.05, 0) is 30.6 Å². The molecule has 1 aromatic rings. The highest BCUT2D eigenvalue weighted by molar-refractivity contribution is 6.73. The van der Waals surface area contributed by atoms with Crippen LogP contribution in [0.2, 0.25) is 28.2 Å². The second kappa shape index (κ2) is 9.99. The fraction of sp³-hybridized carbons (Fsp3) is 0.706. The minimum Gasteiger partial charge on any atom is -0.409 e. The second-order valence-electron chi connectivity index (χ2n) is 6.42. The topological polar surface area (TPSA) is 34.1 Å². The summed E-state index contributed by atoms with van der Waals surface area (Å²) in [6, 6.07) is 3.29. The number of nitrogens with zero attached hydrogens (tertiary/aromatic N) is 1. The Labute approximate surface area is 152 Å². The summed E-state index contributed by atoms with van der Waals surface area (Å²) < 4.78 is 6.69. The van der Waals surface area contributed by atoms with Gasteiger partial charge in [-0.15, -0.1) is 0 Å². The molecule has 0 aliphatic heterocycles. The van der Waals surface area contributed by atoms with Crippen molar-refractivity contribution in [1.82, 2.24) is 10.3 Å². The standard InChI is InChI=1S/C17H30Cl2N2OSi/c1-6-23(7-2,8-3)22-16(12-20-9-13(4)5)17-14(18)10-21-11-15(17)19/h10-11,13,16,20H,6-9,12H2,1-5H3. The average molecular weight is 377 g/mol. The summed E-state index contributed by atoms with van der Waals surface area (Å²) in [5.41, 5.74) is 0.867. The summed E-state index contributed by atoms with van der Waals surface area (Å²) in [6.07, 6.45) is 3.17. The van der Waals surface area contributed by atoms with Gasteiger partial charge in [-0.1, -0.05) is 57.8 Å². The summed E-state index contributed by atoms with van der Waals surface area (Å²) in [4.78, 5) is 4.06. The third kappa shape index (κ3) is 6.02. The van der Waals surface area contributed by atoms with Crippen molar-refractivity contribution in [1.29, 1.82) is 0 Å². The quantitative estimate of drug-likeness (QED) is 0.531. The fourth-order valence-corrected chi connectivity index (χ4v) is 6.15. The van der Waals surface area contributed by atoms with Gasteiger partial charge in [0.25, 0.3) is 0 Å². The molecule has 6 heteroatoms. The van der Waals surface area contributed by atoms with Gasteiger partial charge in [-0.2, -0.15) is 0 Å². The van der Waals surface area contributed by atoms with E-state index in [0.717, 1.165) is 36.8 Å². The normalized spacial score (nSPS) is 13.6. The molecule has 1 rings (SSSR count). The van der Waals surface area contributed by atoms with E-state index >= 15 is 0 Å². The van der Waals surface area contributed by atoms with E-state index in [1.54, 1.807) is 12.4 Å². The van der Waals surface area contributed by atoms with E-state index in [1.165, 1.54) is 0 Å². The van der Waals surface area contributed by atoms with Gasteiger partial charge in [0.1, 0.15) is 0 Å². The average Bonchev–Trinajstić information content (AvgIpc) is 2.51. The highest BCUT2D eigenvalue weighted by Crippen LogP contribution is 2.36. The molecule has 1 unspecified atom stereocenters. The van der Waals surface area contributed by atoms with Crippen molar-refractivity contribution in [2.75, 3.05) is 13.1 Å². The van der Waals surface area contributed by atoms with Crippen molar-refractivity contribution in [3.8, 4) is 0 Å². The predicted octanol–water partition coefficient (Wildman–Crippen LogP) is 5.70. The van der Waals surface area contributed by atoms with Gasteiger partial charge in [0.05, 0.1) is 16.1 Å². The lowest BCUT2D eigenvalue weighted by atomic mass is 10.1. The van der Waals surface area contributed by atoms with Crippen LogP contribution in [0.1, 0.15) is 46.3 Å². The molecular formula is C17H30Cl2N2OSi. The van der Waals surface area contributed by atoms with Gasteiger partial charge in [0, 0.05) is 24.5 Å². The van der Waals surface area contributed by atoms with E-state index in [4.69, 9.17) is 27.6 Å². The summed E-state index contributed by atoms with van der Waals surface area (Å²) in [5.74, 6) is 0.588. The molecule has 0 fully saturated rings. The molecule has 0 aromatic carbocycles. The lowest BCUT2D eigenvalue weighted by Gasteiger charge is -2.34. The zero-order valence-corrected chi connectivity index (χ0v) is 17.5. The van der Waals surface area contributed by atoms with Crippen molar-refractivity contribution in [3.63, 3.8) is 0 Å². The third-order valence-corrected chi connectivity index (χ3v) is 9.67. The van der Waals surface area contributed by atoms with Gasteiger partial charge >= 0.3 is 0 Å². The van der Waals surface area contributed by atoms with Crippen molar-refractivity contribution < 1.29 is 4.43 Å². The van der Waals surface area contributed by atoms with Gasteiger partial charge in [0.2, 0.25) is 0 Å². The predicted molar refractivity (Wildman–Crippen MR) is 103 cm³/mol. The van der Waals surface area contributed by atoms with E-state index < -0.39 is 8.32 Å². The highest BCUT2D eigenvalue weighted by Gasteiger charge is 2.33. The Balaban J connectivity index is 3.06. The van der Waals surface area contributed by atoms with E-state index in [0.29, 0.717) is 16.0 Å². The van der Waals surface area contributed by atoms with Crippen LogP contribution in [0.3, 0.4) is 0 Å². The Morgan fingerprint density at radius 1 is 1.04 bits per heavy atom. The first kappa shape index (κ1) is 20.9. The first-order valence-corrected chi connectivity index (χ1v) is 11.8. The second-order valence-corrected chi connectivity index (χ2v) is 12.0. The van der Waals surface area contributed by atoms with Crippen LogP contribution in [-0.4, -0.2) is 26.4 Å². The molecule has 132 valence electrons. The highest BCUT2D eigenvalue weighted by atomic mass is 35.5. The molecule has 1 atom stereocenters. The minimum absolute atomic E-state index is 0.122. The van der Waals surface area contributed by atoms with Crippen LogP contribution in [0.4, 0.5) is 0 Å². The Morgan fingerprint density at radius 3 is 2.00 bits per heavy atom. The van der Waals surface area contributed by atoms with E-state index in [-0.39, 0.29) is 6.10 Å². The van der Waals surface area contributed by atoms with Crippen LogP contribution < -0.4 is 5.32 Å². The van der Waals surface area contributed by atoms with Gasteiger partial charge < -0.3 is 9.74 Å². The van der Waals surface area contributed by atoms with Crippen LogP contribution in [-0.2, 0) is 4.43 Å². The van der Waals surface area contributed by atoms with Crippen LogP contribution >= 0.6 is 23.2 Å². The zero-order chi connectivity index (χ0) is 17.5. The monoisotopic (exact) mass is 376 g/mol. The largest absolute Gasteiger partial charge is 0.409 e. The molecule has 1 N–H and O–H groups in total. The molecule has 0 amide bonds. The third-order valence-electron chi connectivity index (χ3n) is 4.42. The van der Waals surface area contributed by atoms with Crippen molar-refractivity contribution in [2.45, 2.75) is 58.9 Å². The molecule has 0 radical (unpaired) electrons. The Morgan fingerprint density at radius 2 is 1.57 bits per heavy atom. The molecule has 1 aromatic heterocycles. The smallest absolute Gasteiger partial charge is 0.192 e. The Kier molecular flexibility index (Phi) is 9.09. The molecule has 1 heterocycles. The molecule has 0 saturated carbocycles. The number of hydrogen-bond donors (Lipinski definition) is 1. The molecule has 0 aliphatic carbocycles. The van der Waals surface area contributed by atoms with Gasteiger partial charge in [-0.3, -0.25) is 4.98 Å².